The number of piperidine rings is 1. The summed E-state index contributed by atoms with van der Waals surface area (Å²) in [6.45, 7) is 2.80. The second kappa shape index (κ2) is 7.89. The number of para-hydroxylation sites is 1. The normalized spacial score (nSPS) is 23.4. The number of rotatable bonds is 7. The first-order valence-corrected chi connectivity index (χ1v) is 9.38. The molecule has 3 rings (SSSR count). The van der Waals surface area contributed by atoms with Crippen LogP contribution < -0.4 is 10.1 Å². The number of ether oxygens (including phenoxy) is 1. The number of hydrogen-bond acceptors (Lipinski definition) is 3. The van der Waals surface area contributed by atoms with Crippen molar-refractivity contribution in [3.63, 3.8) is 0 Å². The lowest BCUT2D eigenvalue weighted by molar-refractivity contribution is -0.143. The highest BCUT2D eigenvalue weighted by atomic mass is 16.5. The van der Waals surface area contributed by atoms with Crippen LogP contribution in [0.4, 0.5) is 0 Å². The Morgan fingerprint density at radius 3 is 2.72 bits per heavy atom. The SMILES string of the molecule is CCCCN1C(=O)CC[C@H](C(=O)NC2CC2)[C@H]1c1ccccc1OC. The maximum absolute atomic E-state index is 12.9. The van der Waals surface area contributed by atoms with Crippen molar-refractivity contribution in [1.82, 2.24) is 10.2 Å². The van der Waals surface area contributed by atoms with Crippen molar-refractivity contribution >= 4 is 11.8 Å². The molecule has 1 heterocycles. The maximum atomic E-state index is 12.9. The average molecular weight is 344 g/mol. The molecule has 0 aromatic heterocycles. The maximum Gasteiger partial charge on any atom is 0.225 e. The number of carbonyl (C=O) groups is 2. The van der Waals surface area contributed by atoms with Gasteiger partial charge in [0, 0.05) is 24.6 Å². The lowest BCUT2D eigenvalue weighted by Gasteiger charge is -2.41. The predicted octanol–water partition coefficient (Wildman–Crippen LogP) is 3.05. The van der Waals surface area contributed by atoms with Gasteiger partial charge in [0.1, 0.15) is 5.75 Å². The number of methoxy groups -OCH3 is 1. The molecule has 2 amide bonds. The van der Waals surface area contributed by atoms with E-state index in [1.54, 1.807) is 7.11 Å². The van der Waals surface area contributed by atoms with E-state index in [0.717, 1.165) is 37.0 Å². The van der Waals surface area contributed by atoms with Crippen molar-refractivity contribution in [3.8, 4) is 5.75 Å². The van der Waals surface area contributed by atoms with Gasteiger partial charge in [0.25, 0.3) is 0 Å². The number of nitrogens with one attached hydrogen (secondary N) is 1. The van der Waals surface area contributed by atoms with Crippen LogP contribution >= 0.6 is 0 Å². The molecule has 1 aliphatic carbocycles. The average Bonchev–Trinajstić information content (AvgIpc) is 3.44. The van der Waals surface area contributed by atoms with Gasteiger partial charge in [0.05, 0.1) is 19.1 Å². The molecule has 25 heavy (non-hydrogen) atoms. The van der Waals surface area contributed by atoms with E-state index < -0.39 is 0 Å². The fourth-order valence-corrected chi connectivity index (χ4v) is 3.65. The summed E-state index contributed by atoms with van der Waals surface area (Å²) < 4.78 is 5.54. The molecule has 2 fully saturated rings. The Hall–Kier alpha value is -2.04. The molecule has 0 spiro atoms. The standard InChI is InChI=1S/C20H28N2O3/c1-3-4-13-22-18(23)12-11-16(20(24)21-14-9-10-14)19(22)15-7-5-6-8-17(15)25-2/h5-8,14,16,19H,3-4,9-13H2,1-2H3,(H,21,24)/t16-,19+/m0/s1. The van der Waals surface area contributed by atoms with Crippen molar-refractivity contribution in [1.29, 1.82) is 0 Å². The van der Waals surface area contributed by atoms with Crippen LogP contribution in [0.5, 0.6) is 5.75 Å². The zero-order valence-corrected chi connectivity index (χ0v) is 15.2. The molecular formula is C20H28N2O3. The molecule has 1 N–H and O–H groups in total. The molecule has 5 nitrogen and oxygen atoms in total. The summed E-state index contributed by atoms with van der Waals surface area (Å²) in [7, 11) is 1.64. The Balaban J connectivity index is 1.94. The largest absolute Gasteiger partial charge is 0.496 e. The van der Waals surface area contributed by atoms with E-state index in [9.17, 15) is 9.59 Å². The molecule has 1 aromatic rings. The van der Waals surface area contributed by atoms with E-state index in [1.165, 1.54) is 0 Å². The molecular weight excluding hydrogens is 316 g/mol. The molecule has 0 unspecified atom stereocenters. The third-order valence-electron chi connectivity index (χ3n) is 5.18. The van der Waals surface area contributed by atoms with Crippen LogP contribution in [0.3, 0.4) is 0 Å². The highest BCUT2D eigenvalue weighted by molar-refractivity contribution is 5.85. The van der Waals surface area contributed by atoms with Gasteiger partial charge >= 0.3 is 0 Å². The van der Waals surface area contributed by atoms with Crippen molar-refractivity contribution < 1.29 is 14.3 Å². The summed E-state index contributed by atoms with van der Waals surface area (Å²) in [5.41, 5.74) is 0.935. The smallest absolute Gasteiger partial charge is 0.225 e. The van der Waals surface area contributed by atoms with Crippen LogP contribution in [0, 0.1) is 5.92 Å². The highest BCUT2D eigenvalue weighted by Gasteiger charge is 2.42. The van der Waals surface area contributed by atoms with Crippen LogP contribution in [0.2, 0.25) is 0 Å². The van der Waals surface area contributed by atoms with Gasteiger partial charge in [0.15, 0.2) is 0 Å². The van der Waals surface area contributed by atoms with Gasteiger partial charge in [-0.25, -0.2) is 0 Å². The van der Waals surface area contributed by atoms with E-state index in [4.69, 9.17) is 4.74 Å². The summed E-state index contributed by atoms with van der Waals surface area (Å²) >= 11 is 0. The second-order valence-electron chi connectivity index (χ2n) is 7.06. The van der Waals surface area contributed by atoms with Gasteiger partial charge in [0.2, 0.25) is 11.8 Å². The number of likely N-dealkylation sites (tertiary alicyclic amines) is 1. The second-order valence-corrected chi connectivity index (χ2v) is 7.06. The molecule has 0 radical (unpaired) electrons. The molecule has 1 aromatic carbocycles. The molecule has 1 aliphatic heterocycles. The summed E-state index contributed by atoms with van der Waals surface area (Å²) in [6.07, 6.45) is 5.13. The van der Waals surface area contributed by atoms with E-state index in [-0.39, 0.29) is 23.8 Å². The molecule has 1 saturated carbocycles. The summed E-state index contributed by atoms with van der Waals surface area (Å²) in [5.74, 6) is 0.742. The minimum absolute atomic E-state index is 0.0763. The van der Waals surface area contributed by atoms with E-state index in [1.807, 2.05) is 29.2 Å². The first kappa shape index (κ1) is 17.8. The van der Waals surface area contributed by atoms with Crippen molar-refractivity contribution in [2.45, 2.75) is 57.5 Å². The topological polar surface area (TPSA) is 58.6 Å². The highest BCUT2D eigenvalue weighted by Crippen LogP contribution is 2.41. The molecule has 2 atom stereocenters. The zero-order chi connectivity index (χ0) is 17.8. The van der Waals surface area contributed by atoms with E-state index in [2.05, 4.69) is 12.2 Å². The van der Waals surface area contributed by atoms with E-state index in [0.29, 0.717) is 25.4 Å². The van der Waals surface area contributed by atoms with Crippen LogP contribution in [0.15, 0.2) is 24.3 Å². The van der Waals surface area contributed by atoms with Gasteiger partial charge < -0.3 is 15.0 Å². The Labute approximate surface area is 149 Å². The van der Waals surface area contributed by atoms with Crippen LogP contribution in [-0.2, 0) is 9.59 Å². The number of benzene rings is 1. The Morgan fingerprint density at radius 2 is 2.04 bits per heavy atom. The van der Waals surface area contributed by atoms with Gasteiger partial charge in [-0.2, -0.15) is 0 Å². The first-order valence-electron chi connectivity index (χ1n) is 9.38. The van der Waals surface area contributed by atoms with Crippen molar-refractivity contribution in [2.24, 2.45) is 5.92 Å². The predicted molar refractivity (Wildman–Crippen MR) is 96.2 cm³/mol. The Morgan fingerprint density at radius 1 is 1.28 bits per heavy atom. The number of nitrogens with zero attached hydrogens (tertiary/aromatic N) is 1. The Bertz CT molecular complexity index is 627. The number of hydrogen-bond donors (Lipinski definition) is 1. The van der Waals surface area contributed by atoms with Crippen LogP contribution in [0.25, 0.3) is 0 Å². The third kappa shape index (κ3) is 3.97. The minimum atomic E-state index is -0.248. The first-order chi connectivity index (χ1) is 12.2. The zero-order valence-electron chi connectivity index (χ0n) is 15.2. The molecule has 2 aliphatic rings. The number of amides is 2. The lowest BCUT2D eigenvalue weighted by atomic mass is 9.83. The van der Waals surface area contributed by atoms with Crippen molar-refractivity contribution in [2.75, 3.05) is 13.7 Å². The van der Waals surface area contributed by atoms with E-state index >= 15 is 0 Å². The third-order valence-corrected chi connectivity index (χ3v) is 5.18. The Kier molecular flexibility index (Phi) is 5.61. The fourth-order valence-electron chi connectivity index (χ4n) is 3.65. The molecule has 136 valence electrons. The molecule has 1 saturated heterocycles. The lowest BCUT2D eigenvalue weighted by Crippen LogP contribution is -2.48. The molecule has 0 bridgehead atoms. The van der Waals surface area contributed by atoms with Crippen LogP contribution in [-0.4, -0.2) is 36.4 Å². The van der Waals surface area contributed by atoms with Gasteiger partial charge in [-0.1, -0.05) is 31.5 Å². The molecule has 5 heteroatoms. The summed E-state index contributed by atoms with van der Waals surface area (Å²) in [6, 6.07) is 7.84. The number of unbranched alkanes of at least 4 members (excludes halogenated alkanes) is 1. The van der Waals surface area contributed by atoms with Gasteiger partial charge in [-0.15, -0.1) is 0 Å². The van der Waals surface area contributed by atoms with Gasteiger partial charge in [-0.05, 0) is 31.7 Å². The van der Waals surface area contributed by atoms with Gasteiger partial charge in [-0.3, -0.25) is 9.59 Å². The fraction of sp³-hybridized carbons (Fsp3) is 0.600. The summed E-state index contributed by atoms with van der Waals surface area (Å²) in [4.78, 5) is 27.4. The summed E-state index contributed by atoms with van der Waals surface area (Å²) in [5, 5.41) is 3.13. The van der Waals surface area contributed by atoms with Crippen molar-refractivity contribution in [3.05, 3.63) is 29.8 Å². The number of carbonyl (C=O) groups excluding carboxylic acids is 2. The quantitative estimate of drug-likeness (QED) is 0.827. The van der Waals surface area contributed by atoms with Crippen LogP contribution in [0.1, 0.15) is 57.1 Å². The monoisotopic (exact) mass is 344 g/mol. The minimum Gasteiger partial charge on any atom is -0.496 e.